The fourth-order valence-electron chi connectivity index (χ4n) is 4.50. The molecule has 1 fully saturated rings. The standard InChI is InChI=1S/C27H23F3N6O2/c28-27(29,30)24-10-7-20(17-31-24)26(38)35-15-11-19(12-16-35)18-5-8-21(9-6-18)34-25(37)22-3-1-2-4-23(22)36-32-13-14-33-36/h1-10,13-14,17,19H,11-12,15-16H2,(H,34,37). The minimum atomic E-state index is -4.54. The SMILES string of the molecule is O=C(Nc1ccc(C2CCN(C(=O)c3ccc(C(F)(F)F)nc3)CC2)cc1)c1ccccc1-n1nccn1. The zero-order chi connectivity index (χ0) is 26.7. The third-order valence-corrected chi connectivity index (χ3v) is 6.51. The molecule has 2 amide bonds. The summed E-state index contributed by atoms with van der Waals surface area (Å²) in [6.45, 7) is 0.975. The molecule has 0 radical (unpaired) electrons. The van der Waals surface area contributed by atoms with Crippen molar-refractivity contribution in [2.45, 2.75) is 24.9 Å². The van der Waals surface area contributed by atoms with Crippen LogP contribution in [0.1, 0.15) is 50.7 Å². The van der Waals surface area contributed by atoms with Crippen molar-refractivity contribution in [2.24, 2.45) is 0 Å². The van der Waals surface area contributed by atoms with Crippen LogP contribution in [0.15, 0.2) is 79.3 Å². The van der Waals surface area contributed by atoms with E-state index in [4.69, 9.17) is 0 Å². The Balaban J connectivity index is 1.18. The van der Waals surface area contributed by atoms with Crippen LogP contribution in [0.5, 0.6) is 0 Å². The number of anilines is 1. The number of amides is 2. The first-order valence-corrected chi connectivity index (χ1v) is 12.0. The Bertz CT molecular complexity index is 1410. The molecule has 5 rings (SSSR count). The van der Waals surface area contributed by atoms with Gasteiger partial charge in [-0.2, -0.15) is 28.2 Å². The van der Waals surface area contributed by atoms with E-state index < -0.39 is 11.9 Å². The lowest BCUT2D eigenvalue weighted by molar-refractivity contribution is -0.141. The topological polar surface area (TPSA) is 93.0 Å². The van der Waals surface area contributed by atoms with Gasteiger partial charge in [0.1, 0.15) is 5.69 Å². The number of piperidine rings is 1. The zero-order valence-corrected chi connectivity index (χ0v) is 20.1. The molecule has 1 saturated heterocycles. The summed E-state index contributed by atoms with van der Waals surface area (Å²) in [7, 11) is 0. The molecule has 0 atom stereocenters. The van der Waals surface area contributed by atoms with Crippen molar-refractivity contribution in [3.8, 4) is 5.69 Å². The van der Waals surface area contributed by atoms with Crippen molar-refractivity contribution in [1.82, 2.24) is 24.9 Å². The van der Waals surface area contributed by atoms with Crippen molar-refractivity contribution in [1.29, 1.82) is 0 Å². The molecule has 0 unspecified atom stereocenters. The molecule has 2 aromatic heterocycles. The maximum atomic E-state index is 12.9. The molecule has 0 spiro atoms. The highest BCUT2D eigenvalue weighted by molar-refractivity contribution is 6.06. The first-order valence-electron chi connectivity index (χ1n) is 12.0. The van der Waals surface area contributed by atoms with Gasteiger partial charge in [0, 0.05) is 25.0 Å². The number of para-hydroxylation sites is 1. The molecule has 11 heteroatoms. The lowest BCUT2D eigenvalue weighted by atomic mass is 9.89. The summed E-state index contributed by atoms with van der Waals surface area (Å²) in [5, 5.41) is 11.1. The van der Waals surface area contributed by atoms with Crippen LogP contribution < -0.4 is 5.32 Å². The summed E-state index contributed by atoms with van der Waals surface area (Å²) in [6, 6.07) is 16.6. The van der Waals surface area contributed by atoms with Gasteiger partial charge in [0.25, 0.3) is 11.8 Å². The Labute approximate surface area is 216 Å². The number of carbonyl (C=O) groups excluding carboxylic acids is 2. The van der Waals surface area contributed by atoms with E-state index in [0.29, 0.717) is 30.0 Å². The van der Waals surface area contributed by atoms with Gasteiger partial charge in [-0.15, -0.1) is 0 Å². The molecule has 194 valence electrons. The zero-order valence-electron chi connectivity index (χ0n) is 20.1. The van der Waals surface area contributed by atoms with Crippen LogP contribution >= 0.6 is 0 Å². The monoisotopic (exact) mass is 520 g/mol. The third kappa shape index (κ3) is 5.41. The summed E-state index contributed by atoms with van der Waals surface area (Å²) in [4.78, 5) is 32.1. The van der Waals surface area contributed by atoms with Crippen molar-refractivity contribution in [3.05, 3.63) is 102 Å². The van der Waals surface area contributed by atoms with Crippen LogP contribution in [0.3, 0.4) is 0 Å². The number of benzene rings is 2. The second kappa shape index (κ2) is 10.4. The van der Waals surface area contributed by atoms with E-state index in [-0.39, 0.29) is 23.3 Å². The molecule has 4 aromatic rings. The van der Waals surface area contributed by atoms with Crippen LogP contribution in [0.2, 0.25) is 0 Å². The number of halogens is 3. The van der Waals surface area contributed by atoms with E-state index >= 15 is 0 Å². The first-order chi connectivity index (χ1) is 18.3. The van der Waals surface area contributed by atoms with E-state index in [2.05, 4.69) is 20.5 Å². The number of alkyl halides is 3. The highest BCUT2D eigenvalue weighted by Gasteiger charge is 2.33. The lowest BCUT2D eigenvalue weighted by Crippen LogP contribution is -2.38. The average Bonchev–Trinajstić information content (AvgIpc) is 3.48. The molecule has 0 bridgehead atoms. The van der Waals surface area contributed by atoms with Gasteiger partial charge in [-0.3, -0.25) is 14.6 Å². The molecule has 8 nitrogen and oxygen atoms in total. The Hall–Kier alpha value is -4.54. The van der Waals surface area contributed by atoms with Crippen molar-refractivity contribution < 1.29 is 22.8 Å². The van der Waals surface area contributed by atoms with Crippen LogP contribution in [0.25, 0.3) is 5.69 Å². The number of aromatic nitrogens is 4. The predicted octanol–water partition coefficient (Wildman–Crippen LogP) is 4.95. The fraction of sp³-hybridized carbons (Fsp3) is 0.222. The van der Waals surface area contributed by atoms with E-state index in [0.717, 1.165) is 30.7 Å². The Kier molecular flexibility index (Phi) is 6.91. The van der Waals surface area contributed by atoms with E-state index in [1.807, 2.05) is 30.3 Å². The molecule has 38 heavy (non-hydrogen) atoms. The van der Waals surface area contributed by atoms with Crippen LogP contribution in [-0.2, 0) is 6.18 Å². The summed E-state index contributed by atoms with van der Waals surface area (Å²) >= 11 is 0. The quantitative estimate of drug-likeness (QED) is 0.402. The fourth-order valence-corrected chi connectivity index (χ4v) is 4.50. The number of hydrogen-bond acceptors (Lipinski definition) is 5. The highest BCUT2D eigenvalue weighted by atomic mass is 19.4. The molecule has 0 saturated carbocycles. The molecular weight excluding hydrogens is 497 g/mol. The van der Waals surface area contributed by atoms with Gasteiger partial charge in [-0.25, -0.2) is 0 Å². The Morgan fingerprint density at radius 2 is 1.58 bits per heavy atom. The molecule has 1 aliphatic heterocycles. The van der Waals surface area contributed by atoms with Crippen molar-refractivity contribution in [2.75, 3.05) is 18.4 Å². The lowest BCUT2D eigenvalue weighted by Gasteiger charge is -2.32. The van der Waals surface area contributed by atoms with Crippen molar-refractivity contribution >= 4 is 17.5 Å². The Morgan fingerprint density at radius 1 is 0.895 bits per heavy atom. The van der Waals surface area contributed by atoms with Gasteiger partial charge < -0.3 is 10.2 Å². The molecular formula is C27H23F3N6O2. The summed E-state index contributed by atoms with van der Waals surface area (Å²) in [6.07, 6.45) is 0.958. The summed E-state index contributed by atoms with van der Waals surface area (Å²) in [5.74, 6) is -0.385. The second-order valence-electron chi connectivity index (χ2n) is 8.91. The Morgan fingerprint density at radius 3 is 2.21 bits per heavy atom. The van der Waals surface area contributed by atoms with Crippen LogP contribution in [0.4, 0.5) is 18.9 Å². The molecule has 3 heterocycles. The smallest absolute Gasteiger partial charge is 0.339 e. The second-order valence-corrected chi connectivity index (χ2v) is 8.91. The van der Waals surface area contributed by atoms with Gasteiger partial charge in [0.05, 0.1) is 29.2 Å². The minimum Gasteiger partial charge on any atom is -0.339 e. The minimum absolute atomic E-state index is 0.140. The normalized spacial score (nSPS) is 14.3. The number of pyridine rings is 1. The summed E-state index contributed by atoms with van der Waals surface area (Å²) < 4.78 is 38.2. The van der Waals surface area contributed by atoms with Gasteiger partial charge in [-0.05, 0) is 60.7 Å². The number of hydrogen-bond donors (Lipinski definition) is 1. The number of carbonyl (C=O) groups is 2. The third-order valence-electron chi connectivity index (χ3n) is 6.51. The number of nitrogens with one attached hydrogen (secondary N) is 1. The first kappa shape index (κ1) is 25.1. The predicted molar refractivity (Wildman–Crippen MR) is 133 cm³/mol. The van der Waals surface area contributed by atoms with Gasteiger partial charge >= 0.3 is 6.18 Å². The van der Waals surface area contributed by atoms with Gasteiger partial charge in [0.15, 0.2) is 0 Å². The highest BCUT2D eigenvalue weighted by Crippen LogP contribution is 2.30. The van der Waals surface area contributed by atoms with Gasteiger partial charge in [-0.1, -0.05) is 24.3 Å². The number of nitrogens with zero attached hydrogens (tertiary/aromatic N) is 5. The molecule has 1 N–H and O–H groups in total. The number of likely N-dealkylation sites (tertiary alicyclic amines) is 1. The van der Waals surface area contributed by atoms with Crippen LogP contribution in [-0.4, -0.2) is 49.8 Å². The van der Waals surface area contributed by atoms with Gasteiger partial charge in [0.2, 0.25) is 0 Å². The largest absolute Gasteiger partial charge is 0.433 e. The molecule has 2 aromatic carbocycles. The maximum Gasteiger partial charge on any atom is 0.433 e. The molecule has 1 aliphatic rings. The number of rotatable bonds is 5. The van der Waals surface area contributed by atoms with Crippen molar-refractivity contribution in [3.63, 3.8) is 0 Å². The average molecular weight is 521 g/mol. The maximum absolute atomic E-state index is 12.9. The van der Waals surface area contributed by atoms with E-state index in [1.165, 1.54) is 10.9 Å². The van der Waals surface area contributed by atoms with E-state index in [1.54, 1.807) is 35.5 Å². The molecule has 0 aliphatic carbocycles. The van der Waals surface area contributed by atoms with E-state index in [9.17, 15) is 22.8 Å². The summed E-state index contributed by atoms with van der Waals surface area (Å²) in [5.41, 5.74) is 1.86. The van der Waals surface area contributed by atoms with Crippen LogP contribution in [0, 0.1) is 0 Å².